The van der Waals surface area contributed by atoms with Gasteiger partial charge in [-0.1, -0.05) is 30.3 Å². The summed E-state index contributed by atoms with van der Waals surface area (Å²) in [6.45, 7) is 1.49. The molecule has 0 radical (unpaired) electrons. The van der Waals surface area contributed by atoms with Gasteiger partial charge in [0.15, 0.2) is 6.54 Å². The highest BCUT2D eigenvalue weighted by Crippen LogP contribution is 2.55. The molecule has 2 N–H and O–H groups in total. The monoisotopic (exact) mass is 313 g/mol. The van der Waals surface area contributed by atoms with Crippen molar-refractivity contribution in [2.45, 2.75) is 50.6 Å². The Morgan fingerprint density at radius 3 is 2.22 bits per heavy atom. The van der Waals surface area contributed by atoms with Crippen LogP contribution in [-0.4, -0.2) is 25.0 Å². The summed E-state index contributed by atoms with van der Waals surface area (Å²) in [6.07, 6.45) is 7.99. The van der Waals surface area contributed by atoms with E-state index in [0.717, 1.165) is 24.3 Å². The lowest BCUT2D eigenvalue weighted by Crippen LogP contribution is -3.09. The van der Waals surface area contributed by atoms with Gasteiger partial charge in [-0.2, -0.15) is 0 Å². The highest BCUT2D eigenvalue weighted by Gasteiger charge is 2.51. The number of nitrogens with one attached hydrogen (secondary N) is 2. The smallest absolute Gasteiger partial charge is 0.275 e. The number of carbonyl (C=O) groups is 1. The van der Waals surface area contributed by atoms with Gasteiger partial charge in [0.05, 0.1) is 7.05 Å². The molecule has 1 atom stereocenters. The average Bonchev–Trinajstić information content (AvgIpc) is 2.45. The van der Waals surface area contributed by atoms with E-state index < -0.39 is 0 Å². The minimum atomic E-state index is 0.152. The maximum absolute atomic E-state index is 12.6. The van der Waals surface area contributed by atoms with Crippen molar-refractivity contribution in [2.24, 2.45) is 17.8 Å². The Kier molecular flexibility index (Phi) is 3.92. The van der Waals surface area contributed by atoms with E-state index >= 15 is 0 Å². The number of rotatable bonds is 5. The van der Waals surface area contributed by atoms with E-state index in [1.807, 2.05) is 6.07 Å². The molecule has 4 aliphatic rings. The van der Waals surface area contributed by atoms with Gasteiger partial charge in [-0.25, -0.2) is 0 Å². The molecule has 0 spiro atoms. The molecule has 0 aliphatic heterocycles. The molecule has 1 aromatic rings. The fourth-order valence-electron chi connectivity index (χ4n) is 5.88. The first-order chi connectivity index (χ1) is 11.1. The molecule has 23 heavy (non-hydrogen) atoms. The molecule has 1 amide bonds. The molecule has 0 aromatic heterocycles. The molecule has 0 heterocycles. The largest absolute Gasteiger partial charge is 0.346 e. The fraction of sp³-hybridized carbons (Fsp3) is 0.650. The van der Waals surface area contributed by atoms with Gasteiger partial charge in [0, 0.05) is 11.1 Å². The average molecular weight is 313 g/mol. The Labute approximate surface area is 139 Å². The lowest BCUT2D eigenvalue weighted by molar-refractivity contribution is -0.885. The van der Waals surface area contributed by atoms with E-state index in [1.165, 1.54) is 49.0 Å². The van der Waals surface area contributed by atoms with Crippen LogP contribution in [0.1, 0.15) is 44.1 Å². The minimum absolute atomic E-state index is 0.152. The van der Waals surface area contributed by atoms with Crippen LogP contribution in [0.25, 0.3) is 0 Å². The molecule has 1 aromatic carbocycles. The van der Waals surface area contributed by atoms with Gasteiger partial charge < -0.3 is 10.2 Å². The van der Waals surface area contributed by atoms with Crippen molar-refractivity contribution in [3.63, 3.8) is 0 Å². The number of hydrogen-bond acceptors (Lipinski definition) is 1. The second-order valence-electron chi connectivity index (χ2n) is 8.54. The van der Waals surface area contributed by atoms with Crippen molar-refractivity contribution < 1.29 is 9.69 Å². The maximum atomic E-state index is 12.6. The zero-order valence-electron chi connectivity index (χ0n) is 14.2. The maximum Gasteiger partial charge on any atom is 0.275 e. The molecule has 4 saturated carbocycles. The molecular formula is C20H29N2O+. The standard InChI is InChI=1S/C20H28N2O/c1-22(13-15-5-3-2-4-6-15)14-19(23)21-20-10-16-7-17(11-20)9-18(8-16)12-20/h2-6,16-18H,7-14H2,1H3,(H,21,23)/p+1. The summed E-state index contributed by atoms with van der Waals surface area (Å²) in [6, 6.07) is 10.5. The van der Waals surface area contributed by atoms with Gasteiger partial charge in [0.25, 0.3) is 5.91 Å². The summed E-state index contributed by atoms with van der Waals surface area (Å²) in [5.74, 6) is 2.91. The van der Waals surface area contributed by atoms with E-state index in [-0.39, 0.29) is 11.4 Å². The fourth-order valence-corrected chi connectivity index (χ4v) is 5.88. The summed E-state index contributed by atoms with van der Waals surface area (Å²) < 4.78 is 0. The molecule has 4 aliphatic carbocycles. The van der Waals surface area contributed by atoms with Crippen molar-refractivity contribution in [3.8, 4) is 0 Å². The normalized spacial score (nSPS) is 36.0. The van der Waals surface area contributed by atoms with Crippen molar-refractivity contribution in [3.05, 3.63) is 35.9 Å². The van der Waals surface area contributed by atoms with E-state index in [9.17, 15) is 4.79 Å². The first kappa shape index (κ1) is 15.2. The van der Waals surface area contributed by atoms with Gasteiger partial charge in [0.2, 0.25) is 0 Å². The van der Waals surface area contributed by atoms with Crippen LogP contribution < -0.4 is 10.2 Å². The quantitative estimate of drug-likeness (QED) is 0.854. The second kappa shape index (κ2) is 5.94. The highest BCUT2D eigenvalue weighted by atomic mass is 16.2. The van der Waals surface area contributed by atoms with Crippen LogP contribution in [0, 0.1) is 17.8 Å². The number of likely N-dealkylation sites (N-methyl/N-ethyl adjacent to an activating group) is 1. The third-order valence-corrected chi connectivity index (χ3v) is 6.25. The molecule has 124 valence electrons. The lowest BCUT2D eigenvalue weighted by Gasteiger charge is -2.56. The van der Waals surface area contributed by atoms with Crippen LogP contribution in [0.4, 0.5) is 0 Å². The summed E-state index contributed by atoms with van der Waals surface area (Å²) in [4.78, 5) is 13.9. The molecule has 1 unspecified atom stereocenters. The third kappa shape index (κ3) is 3.30. The molecule has 3 heteroatoms. The second-order valence-corrected chi connectivity index (χ2v) is 8.54. The Morgan fingerprint density at radius 2 is 1.65 bits per heavy atom. The predicted octanol–water partition coefficient (Wildman–Crippen LogP) is 1.79. The Morgan fingerprint density at radius 1 is 1.09 bits per heavy atom. The van der Waals surface area contributed by atoms with Gasteiger partial charge in [-0.3, -0.25) is 4.79 Å². The first-order valence-corrected chi connectivity index (χ1v) is 9.26. The van der Waals surface area contributed by atoms with E-state index in [1.54, 1.807) is 0 Å². The number of carbonyl (C=O) groups excluding carboxylic acids is 1. The Hall–Kier alpha value is -1.35. The van der Waals surface area contributed by atoms with Crippen LogP contribution in [0.2, 0.25) is 0 Å². The zero-order valence-corrected chi connectivity index (χ0v) is 14.2. The van der Waals surface area contributed by atoms with Crippen LogP contribution in [-0.2, 0) is 11.3 Å². The molecule has 4 bridgehead atoms. The van der Waals surface area contributed by atoms with Crippen LogP contribution in [0.15, 0.2) is 30.3 Å². The van der Waals surface area contributed by atoms with E-state index in [0.29, 0.717) is 6.54 Å². The van der Waals surface area contributed by atoms with Crippen molar-refractivity contribution in [2.75, 3.05) is 13.6 Å². The van der Waals surface area contributed by atoms with Crippen molar-refractivity contribution in [1.82, 2.24) is 5.32 Å². The molecule has 4 fully saturated rings. The summed E-state index contributed by atoms with van der Waals surface area (Å²) in [5.41, 5.74) is 1.45. The Bertz CT molecular complexity index is 533. The Balaban J connectivity index is 1.33. The van der Waals surface area contributed by atoms with Gasteiger partial charge >= 0.3 is 0 Å². The molecule has 5 rings (SSSR count). The first-order valence-electron chi connectivity index (χ1n) is 9.26. The van der Waals surface area contributed by atoms with Gasteiger partial charge in [-0.05, 0) is 56.3 Å². The molecule has 0 saturated heterocycles. The van der Waals surface area contributed by atoms with Crippen molar-refractivity contribution >= 4 is 5.91 Å². The number of quaternary nitrogens is 1. The van der Waals surface area contributed by atoms with Gasteiger partial charge in [-0.15, -0.1) is 0 Å². The van der Waals surface area contributed by atoms with Crippen molar-refractivity contribution in [1.29, 1.82) is 0 Å². The topological polar surface area (TPSA) is 33.5 Å². The lowest BCUT2D eigenvalue weighted by atomic mass is 9.53. The van der Waals surface area contributed by atoms with Crippen LogP contribution >= 0.6 is 0 Å². The van der Waals surface area contributed by atoms with Crippen LogP contribution in [0.3, 0.4) is 0 Å². The summed E-state index contributed by atoms with van der Waals surface area (Å²) in [5, 5.41) is 3.48. The predicted molar refractivity (Wildman–Crippen MR) is 90.9 cm³/mol. The van der Waals surface area contributed by atoms with E-state index in [2.05, 4.69) is 36.6 Å². The third-order valence-electron chi connectivity index (χ3n) is 6.25. The van der Waals surface area contributed by atoms with E-state index in [4.69, 9.17) is 0 Å². The summed E-state index contributed by atoms with van der Waals surface area (Å²) in [7, 11) is 2.12. The number of hydrogen-bond donors (Lipinski definition) is 2. The SMILES string of the molecule is C[NH+](CC(=O)NC12CC3CC(CC(C3)C1)C2)Cc1ccccc1. The van der Waals surface area contributed by atoms with Crippen LogP contribution in [0.5, 0.6) is 0 Å². The minimum Gasteiger partial charge on any atom is -0.346 e. The zero-order chi connectivity index (χ0) is 15.9. The molecular weight excluding hydrogens is 284 g/mol. The number of amides is 1. The number of benzene rings is 1. The molecule has 3 nitrogen and oxygen atoms in total. The highest BCUT2D eigenvalue weighted by molar-refractivity contribution is 5.77. The summed E-state index contributed by atoms with van der Waals surface area (Å²) >= 11 is 0. The van der Waals surface area contributed by atoms with Gasteiger partial charge in [0.1, 0.15) is 6.54 Å².